The highest BCUT2D eigenvalue weighted by molar-refractivity contribution is 6.45. The minimum Gasteiger partial charge on any atom is -0.358 e. The Hall–Kier alpha value is -2.10. The van der Waals surface area contributed by atoms with Crippen LogP contribution in [0.25, 0.3) is 10.9 Å². The summed E-state index contributed by atoms with van der Waals surface area (Å²) in [7, 11) is 0. The molecule has 4 heteroatoms. The van der Waals surface area contributed by atoms with E-state index in [4.69, 9.17) is 0 Å². The summed E-state index contributed by atoms with van der Waals surface area (Å²) in [4.78, 5) is 29.4. The quantitative estimate of drug-likeness (QED) is 0.662. The number of rotatable bonds is 2. The summed E-state index contributed by atoms with van der Waals surface area (Å²) in [6, 6.07) is 7.59. The van der Waals surface area contributed by atoms with Gasteiger partial charge >= 0.3 is 0 Å². The second-order valence-electron chi connectivity index (χ2n) is 5.00. The summed E-state index contributed by atoms with van der Waals surface area (Å²) in [6.45, 7) is 3.24. The number of aromatic amines is 1. The number of fused-ring (bicyclic) bond motifs is 1. The monoisotopic (exact) mass is 256 g/mol. The highest BCUT2D eigenvalue weighted by Crippen LogP contribution is 2.23. The van der Waals surface area contributed by atoms with E-state index in [1.807, 2.05) is 31.2 Å². The SMILES string of the molecule is Cc1[nH]c2ccccc2c1C(=O)C(=O)N1CCCC1. The Morgan fingerprint density at radius 1 is 1.16 bits per heavy atom. The number of carbonyl (C=O) groups is 2. The van der Waals surface area contributed by atoms with Crippen LogP contribution in [0, 0.1) is 6.92 Å². The molecule has 2 heterocycles. The number of Topliss-reactive ketones (excluding diaryl/α,β-unsaturated/α-hetero) is 1. The third-order valence-electron chi connectivity index (χ3n) is 3.71. The molecule has 1 fully saturated rings. The average molecular weight is 256 g/mol. The van der Waals surface area contributed by atoms with Crippen LogP contribution in [0.2, 0.25) is 0 Å². The van der Waals surface area contributed by atoms with Crippen LogP contribution in [0.1, 0.15) is 28.9 Å². The number of aromatic nitrogens is 1. The summed E-state index contributed by atoms with van der Waals surface area (Å²) in [5.74, 6) is -0.762. The zero-order valence-electron chi connectivity index (χ0n) is 10.9. The average Bonchev–Trinajstić information content (AvgIpc) is 3.03. The van der Waals surface area contributed by atoms with E-state index in [1.165, 1.54) is 0 Å². The molecule has 3 rings (SSSR count). The lowest BCUT2D eigenvalue weighted by Gasteiger charge is -2.13. The molecule has 0 bridgehead atoms. The molecular formula is C15H16N2O2. The second kappa shape index (κ2) is 4.53. The van der Waals surface area contributed by atoms with Gasteiger partial charge in [-0.2, -0.15) is 0 Å². The molecule has 0 atom stereocenters. The van der Waals surface area contributed by atoms with E-state index < -0.39 is 5.78 Å². The van der Waals surface area contributed by atoms with E-state index in [0.29, 0.717) is 18.7 Å². The first-order valence-electron chi connectivity index (χ1n) is 6.59. The minimum absolute atomic E-state index is 0.370. The molecule has 19 heavy (non-hydrogen) atoms. The molecule has 1 aliphatic rings. The van der Waals surface area contributed by atoms with Crippen LogP contribution in [-0.2, 0) is 4.79 Å². The van der Waals surface area contributed by atoms with Crippen molar-refractivity contribution in [3.05, 3.63) is 35.5 Å². The van der Waals surface area contributed by atoms with Crippen molar-refractivity contribution in [1.29, 1.82) is 0 Å². The largest absolute Gasteiger partial charge is 0.358 e. The van der Waals surface area contributed by atoms with Gasteiger partial charge in [-0.1, -0.05) is 18.2 Å². The standard InChI is InChI=1S/C15H16N2O2/c1-10-13(11-6-2-3-7-12(11)16-10)14(18)15(19)17-8-4-5-9-17/h2-3,6-7,16H,4-5,8-9H2,1H3. The van der Waals surface area contributed by atoms with Gasteiger partial charge in [0.15, 0.2) is 0 Å². The van der Waals surface area contributed by atoms with Gasteiger partial charge < -0.3 is 9.88 Å². The second-order valence-corrected chi connectivity index (χ2v) is 5.00. The summed E-state index contributed by atoms with van der Waals surface area (Å²) in [5.41, 5.74) is 2.18. The number of hydrogen-bond acceptors (Lipinski definition) is 2. The number of nitrogens with one attached hydrogen (secondary N) is 1. The molecular weight excluding hydrogens is 240 g/mol. The Morgan fingerprint density at radius 3 is 2.58 bits per heavy atom. The first-order valence-corrected chi connectivity index (χ1v) is 6.59. The van der Waals surface area contributed by atoms with Crippen LogP contribution in [0.15, 0.2) is 24.3 Å². The van der Waals surface area contributed by atoms with Gasteiger partial charge in [0.25, 0.3) is 11.7 Å². The molecule has 0 radical (unpaired) electrons. The van der Waals surface area contributed by atoms with Crippen LogP contribution in [0.5, 0.6) is 0 Å². The van der Waals surface area contributed by atoms with Gasteiger partial charge in [0.05, 0.1) is 5.56 Å². The molecule has 0 spiro atoms. The van der Waals surface area contributed by atoms with Crippen LogP contribution >= 0.6 is 0 Å². The topological polar surface area (TPSA) is 53.2 Å². The molecule has 1 amide bonds. The lowest BCUT2D eigenvalue weighted by atomic mass is 10.1. The number of para-hydroxylation sites is 1. The van der Waals surface area contributed by atoms with Crippen molar-refractivity contribution in [2.45, 2.75) is 19.8 Å². The van der Waals surface area contributed by atoms with Gasteiger partial charge in [0.2, 0.25) is 0 Å². The number of likely N-dealkylation sites (tertiary alicyclic amines) is 1. The molecule has 0 unspecified atom stereocenters. The van der Waals surface area contributed by atoms with Gasteiger partial charge in [-0.05, 0) is 25.8 Å². The summed E-state index contributed by atoms with van der Waals surface area (Å²) < 4.78 is 0. The highest BCUT2D eigenvalue weighted by atomic mass is 16.2. The predicted octanol–water partition coefficient (Wildman–Crippen LogP) is 2.28. The molecule has 1 aromatic carbocycles. The van der Waals surface area contributed by atoms with E-state index in [1.54, 1.807) is 4.90 Å². The normalized spacial score (nSPS) is 15.1. The zero-order chi connectivity index (χ0) is 13.4. The maximum absolute atomic E-state index is 12.4. The Labute approximate surface area is 111 Å². The van der Waals surface area contributed by atoms with E-state index in [2.05, 4.69) is 4.98 Å². The third kappa shape index (κ3) is 1.93. The number of H-pyrrole nitrogens is 1. The fraction of sp³-hybridized carbons (Fsp3) is 0.333. The van der Waals surface area contributed by atoms with E-state index in [0.717, 1.165) is 29.4 Å². The maximum Gasteiger partial charge on any atom is 0.295 e. The van der Waals surface area contributed by atoms with Crippen LogP contribution in [-0.4, -0.2) is 34.7 Å². The third-order valence-corrected chi connectivity index (χ3v) is 3.71. The van der Waals surface area contributed by atoms with Crippen molar-refractivity contribution in [2.75, 3.05) is 13.1 Å². The number of ketones is 1. The summed E-state index contributed by atoms with van der Waals surface area (Å²) in [6.07, 6.45) is 1.98. The predicted molar refractivity (Wildman–Crippen MR) is 73.2 cm³/mol. The molecule has 1 N–H and O–H groups in total. The van der Waals surface area contributed by atoms with Crippen LogP contribution in [0.4, 0.5) is 0 Å². The van der Waals surface area contributed by atoms with Crippen molar-refractivity contribution in [3.63, 3.8) is 0 Å². The molecule has 98 valence electrons. The number of hydrogen-bond donors (Lipinski definition) is 1. The van der Waals surface area contributed by atoms with Crippen molar-refractivity contribution >= 4 is 22.6 Å². The van der Waals surface area contributed by atoms with Crippen molar-refractivity contribution in [1.82, 2.24) is 9.88 Å². The zero-order valence-corrected chi connectivity index (χ0v) is 10.9. The first-order chi connectivity index (χ1) is 9.18. The number of nitrogens with zero attached hydrogens (tertiary/aromatic N) is 1. The lowest BCUT2D eigenvalue weighted by molar-refractivity contribution is -0.125. The van der Waals surface area contributed by atoms with Crippen LogP contribution < -0.4 is 0 Å². The van der Waals surface area contributed by atoms with E-state index in [-0.39, 0.29) is 5.91 Å². The van der Waals surface area contributed by atoms with Gasteiger partial charge in [-0.25, -0.2) is 0 Å². The fourth-order valence-corrected chi connectivity index (χ4v) is 2.74. The molecule has 1 saturated heterocycles. The van der Waals surface area contributed by atoms with E-state index >= 15 is 0 Å². The van der Waals surface area contributed by atoms with Crippen LogP contribution in [0.3, 0.4) is 0 Å². The van der Waals surface area contributed by atoms with Crippen molar-refractivity contribution in [2.24, 2.45) is 0 Å². The van der Waals surface area contributed by atoms with Crippen molar-refractivity contribution < 1.29 is 9.59 Å². The molecule has 4 nitrogen and oxygen atoms in total. The Morgan fingerprint density at radius 2 is 1.84 bits per heavy atom. The van der Waals surface area contributed by atoms with Crippen molar-refractivity contribution in [3.8, 4) is 0 Å². The number of benzene rings is 1. The Bertz CT molecular complexity index is 651. The highest BCUT2D eigenvalue weighted by Gasteiger charge is 2.28. The summed E-state index contributed by atoms with van der Waals surface area (Å²) in [5, 5.41) is 0.831. The molecule has 2 aromatic rings. The molecule has 0 saturated carbocycles. The maximum atomic E-state index is 12.4. The van der Waals surface area contributed by atoms with Gasteiger partial charge in [-0.15, -0.1) is 0 Å². The molecule has 1 aromatic heterocycles. The lowest BCUT2D eigenvalue weighted by Crippen LogP contribution is -2.34. The number of aryl methyl sites for hydroxylation is 1. The van der Waals surface area contributed by atoms with E-state index in [9.17, 15) is 9.59 Å². The fourth-order valence-electron chi connectivity index (χ4n) is 2.74. The Kier molecular flexibility index (Phi) is 2.85. The number of amides is 1. The minimum atomic E-state index is -0.392. The summed E-state index contributed by atoms with van der Waals surface area (Å²) >= 11 is 0. The van der Waals surface area contributed by atoms with Gasteiger partial charge in [-0.3, -0.25) is 9.59 Å². The smallest absolute Gasteiger partial charge is 0.295 e. The molecule has 1 aliphatic heterocycles. The first kappa shape index (κ1) is 12.0. The van der Waals surface area contributed by atoms with Gasteiger partial charge in [0, 0.05) is 29.7 Å². The number of carbonyl (C=O) groups excluding carboxylic acids is 2. The molecule has 0 aliphatic carbocycles. The Balaban J connectivity index is 2.01. The van der Waals surface area contributed by atoms with Gasteiger partial charge in [0.1, 0.15) is 0 Å².